The van der Waals surface area contributed by atoms with Gasteiger partial charge in [0.25, 0.3) is 5.91 Å². The van der Waals surface area contributed by atoms with Gasteiger partial charge >= 0.3 is 5.97 Å². The Bertz CT molecular complexity index is 870. The third-order valence-corrected chi connectivity index (χ3v) is 6.76. The summed E-state index contributed by atoms with van der Waals surface area (Å²) in [6.45, 7) is 8.14. The molecule has 0 bridgehead atoms. The summed E-state index contributed by atoms with van der Waals surface area (Å²) in [5.41, 5.74) is 0.859. The smallest absolute Gasteiger partial charge is 0.310 e. The molecule has 0 radical (unpaired) electrons. The minimum atomic E-state index is -0.821. The van der Waals surface area contributed by atoms with Crippen LogP contribution in [0.5, 0.6) is 0 Å². The molecule has 1 aromatic rings. The lowest BCUT2D eigenvalue weighted by Gasteiger charge is -2.31. The van der Waals surface area contributed by atoms with Crippen molar-refractivity contribution < 1.29 is 28.7 Å². The molecule has 0 spiro atoms. The molecule has 1 aromatic heterocycles. The van der Waals surface area contributed by atoms with Crippen molar-refractivity contribution in [2.75, 3.05) is 13.2 Å². The number of hydrogen-bond donors (Lipinski definition) is 2. The fourth-order valence-corrected chi connectivity index (χ4v) is 4.88. The van der Waals surface area contributed by atoms with Gasteiger partial charge in [0.05, 0.1) is 11.3 Å². The lowest BCUT2D eigenvalue weighted by atomic mass is 10.0. The number of cyclic esters (lactones) is 1. The first-order valence-corrected chi connectivity index (χ1v) is 11.9. The zero-order valence-electron chi connectivity index (χ0n) is 18.9. The van der Waals surface area contributed by atoms with Crippen LogP contribution >= 0.6 is 11.3 Å². The van der Waals surface area contributed by atoms with Crippen LogP contribution in [0.4, 0.5) is 0 Å². The minimum Gasteiger partial charge on any atom is -0.433 e. The first kappa shape index (κ1) is 24.2. The molecule has 3 rings (SSSR count). The predicted molar refractivity (Wildman–Crippen MR) is 118 cm³/mol. The maximum Gasteiger partial charge on any atom is 0.310 e. The summed E-state index contributed by atoms with van der Waals surface area (Å²) in [7, 11) is 0. The number of thiophene rings is 1. The van der Waals surface area contributed by atoms with E-state index in [1.165, 1.54) is 16.2 Å². The lowest BCUT2D eigenvalue weighted by molar-refractivity contribution is -0.164. The Kier molecular flexibility index (Phi) is 7.89. The zero-order chi connectivity index (χ0) is 23.4. The normalized spacial score (nSPS) is 23.8. The Hall–Kier alpha value is -2.46. The molecule has 2 aliphatic heterocycles. The van der Waals surface area contributed by atoms with Gasteiger partial charge in [-0.1, -0.05) is 13.8 Å². The van der Waals surface area contributed by atoms with Crippen molar-refractivity contribution in [2.45, 2.75) is 71.4 Å². The molecule has 176 valence electrons. The van der Waals surface area contributed by atoms with Gasteiger partial charge in [0.15, 0.2) is 0 Å². The highest BCUT2D eigenvalue weighted by atomic mass is 32.1. The Morgan fingerprint density at radius 2 is 2.09 bits per heavy atom. The number of carbonyl (C=O) groups excluding carboxylic acids is 4. The molecule has 0 saturated carbocycles. The first-order chi connectivity index (χ1) is 15.2. The molecule has 2 aliphatic rings. The van der Waals surface area contributed by atoms with Gasteiger partial charge in [-0.15, -0.1) is 11.3 Å². The molecule has 2 fully saturated rings. The predicted octanol–water partition coefficient (Wildman–Crippen LogP) is 1.60. The highest BCUT2D eigenvalue weighted by Crippen LogP contribution is 2.23. The molecule has 2 saturated heterocycles. The van der Waals surface area contributed by atoms with E-state index < -0.39 is 30.4 Å². The van der Waals surface area contributed by atoms with Gasteiger partial charge in [-0.05, 0) is 49.6 Å². The molecular weight excluding hydrogens is 434 g/mol. The van der Waals surface area contributed by atoms with Crippen LogP contribution in [0.15, 0.2) is 11.4 Å². The second-order valence-electron chi connectivity index (χ2n) is 8.45. The van der Waals surface area contributed by atoms with E-state index in [9.17, 15) is 19.2 Å². The van der Waals surface area contributed by atoms with Gasteiger partial charge < -0.3 is 25.0 Å². The number of aryl methyl sites for hydroxylation is 1. The molecule has 9 nitrogen and oxygen atoms in total. The van der Waals surface area contributed by atoms with E-state index in [0.29, 0.717) is 30.9 Å². The van der Waals surface area contributed by atoms with Gasteiger partial charge in [-0.2, -0.15) is 0 Å². The molecular formula is C22H31N3O6S. The van der Waals surface area contributed by atoms with Gasteiger partial charge in [-0.3, -0.25) is 19.2 Å². The van der Waals surface area contributed by atoms with E-state index in [2.05, 4.69) is 10.6 Å². The van der Waals surface area contributed by atoms with E-state index in [1.807, 2.05) is 32.2 Å². The summed E-state index contributed by atoms with van der Waals surface area (Å²) in [6.07, 6.45) is 0.406. The van der Waals surface area contributed by atoms with Crippen molar-refractivity contribution in [1.29, 1.82) is 0 Å². The SMILES string of the molecule is CCO[C@@H]1OC(=O)C[C@H]1NC(=O)[C@@H]1CCCN1C(=O)[C@@H](NC(=O)c1sccc1C)C(C)C. The minimum absolute atomic E-state index is 0.0297. The Morgan fingerprint density at radius 3 is 2.72 bits per heavy atom. The van der Waals surface area contributed by atoms with E-state index in [0.717, 1.165) is 5.56 Å². The number of nitrogens with one attached hydrogen (secondary N) is 2. The molecule has 2 N–H and O–H groups in total. The van der Waals surface area contributed by atoms with Gasteiger partial charge in [0.1, 0.15) is 18.1 Å². The summed E-state index contributed by atoms with van der Waals surface area (Å²) in [4.78, 5) is 52.9. The van der Waals surface area contributed by atoms with Gasteiger partial charge in [0, 0.05) is 13.2 Å². The van der Waals surface area contributed by atoms with Crippen LogP contribution in [-0.4, -0.2) is 66.2 Å². The van der Waals surface area contributed by atoms with Crippen LogP contribution < -0.4 is 10.6 Å². The van der Waals surface area contributed by atoms with Crippen LogP contribution in [0.25, 0.3) is 0 Å². The third kappa shape index (κ3) is 5.29. The van der Waals surface area contributed by atoms with Gasteiger partial charge in [-0.25, -0.2) is 0 Å². The molecule has 0 aliphatic carbocycles. The fraction of sp³-hybridized carbons (Fsp3) is 0.636. The summed E-state index contributed by atoms with van der Waals surface area (Å²) in [5, 5.41) is 7.52. The number of esters is 1. The summed E-state index contributed by atoms with van der Waals surface area (Å²) in [5.74, 6) is -1.49. The molecule has 4 atom stereocenters. The lowest BCUT2D eigenvalue weighted by Crippen LogP contribution is -2.56. The number of amides is 3. The molecule has 0 aromatic carbocycles. The second-order valence-corrected chi connectivity index (χ2v) is 9.37. The number of likely N-dealkylation sites (tertiary alicyclic amines) is 1. The Balaban J connectivity index is 1.68. The third-order valence-electron chi connectivity index (χ3n) is 5.75. The van der Waals surface area contributed by atoms with E-state index >= 15 is 0 Å². The fourth-order valence-electron chi connectivity index (χ4n) is 4.06. The molecule has 3 heterocycles. The average molecular weight is 466 g/mol. The maximum absolute atomic E-state index is 13.4. The zero-order valence-corrected chi connectivity index (χ0v) is 19.7. The first-order valence-electron chi connectivity index (χ1n) is 11.0. The van der Waals surface area contributed by atoms with Crippen LogP contribution in [0.1, 0.15) is 55.3 Å². The van der Waals surface area contributed by atoms with Crippen LogP contribution in [0.2, 0.25) is 0 Å². The molecule has 3 amide bonds. The average Bonchev–Trinajstić information content (AvgIpc) is 3.46. The summed E-state index contributed by atoms with van der Waals surface area (Å²) < 4.78 is 10.5. The molecule has 32 heavy (non-hydrogen) atoms. The van der Waals surface area contributed by atoms with Crippen molar-refractivity contribution in [3.8, 4) is 0 Å². The van der Waals surface area contributed by atoms with E-state index in [4.69, 9.17) is 9.47 Å². The highest BCUT2D eigenvalue weighted by Gasteiger charge is 2.42. The number of rotatable bonds is 8. The monoisotopic (exact) mass is 465 g/mol. The van der Waals surface area contributed by atoms with E-state index in [1.54, 1.807) is 6.92 Å². The highest BCUT2D eigenvalue weighted by molar-refractivity contribution is 7.12. The van der Waals surface area contributed by atoms with Crippen molar-refractivity contribution in [3.05, 3.63) is 21.9 Å². The Morgan fingerprint density at radius 1 is 1.34 bits per heavy atom. The number of nitrogens with zero attached hydrogens (tertiary/aromatic N) is 1. The number of hydrogen-bond acceptors (Lipinski definition) is 7. The standard InChI is InChI=1S/C22H31N3O6S/c1-5-30-22-14(11-16(26)31-22)23-19(27)15-7-6-9-25(15)21(29)17(12(2)3)24-20(28)18-13(4)8-10-32-18/h8,10,12,14-15,17,22H,5-7,9,11H2,1-4H3,(H,23,27)(H,24,28)/t14-,15+,17+,22-/m1/s1. The largest absolute Gasteiger partial charge is 0.433 e. The Labute approximate surface area is 191 Å². The quantitative estimate of drug-likeness (QED) is 0.564. The van der Waals surface area contributed by atoms with Crippen LogP contribution in [0.3, 0.4) is 0 Å². The van der Waals surface area contributed by atoms with Crippen molar-refractivity contribution in [1.82, 2.24) is 15.5 Å². The topological polar surface area (TPSA) is 114 Å². The second kappa shape index (κ2) is 10.4. The summed E-state index contributed by atoms with van der Waals surface area (Å²) in [6, 6.07) is -0.137. The van der Waals surface area contributed by atoms with Crippen LogP contribution in [0, 0.1) is 12.8 Å². The van der Waals surface area contributed by atoms with Crippen molar-refractivity contribution in [3.63, 3.8) is 0 Å². The molecule has 10 heteroatoms. The molecule has 0 unspecified atom stereocenters. The van der Waals surface area contributed by atoms with E-state index in [-0.39, 0.29) is 30.1 Å². The van der Waals surface area contributed by atoms with Crippen molar-refractivity contribution >= 4 is 35.0 Å². The summed E-state index contributed by atoms with van der Waals surface area (Å²) >= 11 is 1.33. The number of ether oxygens (including phenoxy) is 2. The van der Waals surface area contributed by atoms with Crippen molar-refractivity contribution in [2.24, 2.45) is 5.92 Å². The maximum atomic E-state index is 13.4. The van der Waals surface area contributed by atoms with Crippen LogP contribution in [-0.2, 0) is 23.9 Å². The number of carbonyl (C=O) groups is 4. The van der Waals surface area contributed by atoms with Gasteiger partial charge in [0.2, 0.25) is 18.1 Å².